The van der Waals surface area contributed by atoms with Crippen LogP contribution in [0.1, 0.15) is 174 Å². The molecule has 0 aliphatic carbocycles. The van der Waals surface area contributed by atoms with Crippen molar-refractivity contribution in [2.75, 3.05) is 26.4 Å². The fraction of sp³-hybridized carbons (Fsp3) is 0.733. The van der Waals surface area contributed by atoms with Crippen LogP contribution in [0, 0.1) is 0 Å². The molecule has 11 heteroatoms. The third-order valence-corrected chi connectivity index (χ3v) is 9.94. The highest BCUT2D eigenvalue weighted by Gasteiger charge is 2.25. The molecule has 0 spiro atoms. The van der Waals surface area contributed by atoms with Crippen molar-refractivity contribution < 1.29 is 42.7 Å². The lowest BCUT2D eigenvalue weighted by Gasteiger charge is -2.19. The molecule has 0 saturated heterocycles. The summed E-state index contributed by atoms with van der Waals surface area (Å²) in [5.74, 6) is -0.966. The van der Waals surface area contributed by atoms with Gasteiger partial charge in [-0.05, 0) is 70.6 Å². The van der Waals surface area contributed by atoms with E-state index in [4.69, 9.17) is 24.3 Å². The van der Waals surface area contributed by atoms with Gasteiger partial charge >= 0.3 is 19.8 Å². The van der Waals surface area contributed by atoms with E-state index in [0.29, 0.717) is 25.7 Å². The first-order valence-electron chi connectivity index (χ1n) is 21.9. The predicted octanol–water partition coefficient (Wildman–Crippen LogP) is 11.5. The Kier molecular flexibility index (Phi) is 39.2. The molecule has 2 unspecified atom stereocenters. The first-order chi connectivity index (χ1) is 27.2. The number of phosphoric acid groups is 1. The molecule has 324 valence electrons. The summed E-state index contributed by atoms with van der Waals surface area (Å²) in [4.78, 5) is 34.9. The van der Waals surface area contributed by atoms with Crippen LogP contribution in [-0.2, 0) is 32.7 Å². The normalized spacial score (nSPS) is 14.4. The molecular weight excluding hydrogens is 729 g/mol. The quantitative estimate of drug-likeness (QED) is 0.0179. The summed E-state index contributed by atoms with van der Waals surface area (Å²) in [6, 6.07) is 0. The average molecular weight is 810 g/mol. The van der Waals surface area contributed by atoms with Gasteiger partial charge in [-0.3, -0.25) is 18.6 Å². The van der Waals surface area contributed by atoms with Crippen LogP contribution in [0.5, 0.6) is 0 Å². The van der Waals surface area contributed by atoms with Gasteiger partial charge in [0.2, 0.25) is 0 Å². The summed E-state index contributed by atoms with van der Waals surface area (Å²) in [7, 11) is -4.42. The average Bonchev–Trinajstić information content (AvgIpc) is 3.18. The smallest absolute Gasteiger partial charge is 0.462 e. The number of phosphoric ester groups is 1. The van der Waals surface area contributed by atoms with Crippen molar-refractivity contribution >= 4 is 19.8 Å². The van der Waals surface area contributed by atoms with E-state index in [-0.39, 0.29) is 32.6 Å². The monoisotopic (exact) mass is 810 g/mol. The van der Waals surface area contributed by atoms with Gasteiger partial charge < -0.3 is 25.2 Å². The highest BCUT2D eigenvalue weighted by Crippen LogP contribution is 2.43. The van der Waals surface area contributed by atoms with Gasteiger partial charge in [-0.15, -0.1) is 0 Å². The van der Waals surface area contributed by atoms with E-state index < -0.39 is 38.6 Å². The second kappa shape index (κ2) is 40.9. The number of nitrogens with two attached hydrogens (primary N) is 1. The fourth-order valence-corrected chi connectivity index (χ4v) is 6.41. The maximum absolute atomic E-state index is 12.6. The molecule has 0 rings (SSSR count). The minimum absolute atomic E-state index is 0.0282. The van der Waals surface area contributed by atoms with Gasteiger partial charge in [-0.25, -0.2) is 4.57 Å². The van der Waals surface area contributed by atoms with Crippen LogP contribution in [-0.4, -0.2) is 60.5 Å². The van der Waals surface area contributed by atoms with Gasteiger partial charge in [0.1, 0.15) is 6.61 Å². The molecular formula is C45H80NO9P. The van der Waals surface area contributed by atoms with Gasteiger partial charge in [0, 0.05) is 19.4 Å². The van der Waals surface area contributed by atoms with Crippen molar-refractivity contribution in [2.45, 2.75) is 187 Å². The number of carbonyl (C=O) groups excluding carboxylic acids is 2. The lowest BCUT2D eigenvalue weighted by Crippen LogP contribution is -2.29. The van der Waals surface area contributed by atoms with Crippen LogP contribution in [0.15, 0.2) is 60.8 Å². The molecule has 0 amide bonds. The van der Waals surface area contributed by atoms with Gasteiger partial charge in [-0.1, -0.05) is 152 Å². The summed E-state index contributed by atoms with van der Waals surface area (Å²) in [5.41, 5.74) is 5.34. The molecule has 0 fully saturated rings. The van der Waals surface area contributed by atoms with E-state index in [0.717, 1.165) is 38.5 Å². The lowest BCUT2D eigenvalue weighted by atomic mass is 10.1. The van der Waals surface area contributed by atoms with E-state index in [1.54, 1.807) is 12.2 Å². The summed E-state index contributed by atoms with van der Waals surface area (Å²) in [6.07, 6.45) is 44.2. The molecule has 0 bridgehead atoms. The Balaban J connectivity index is 4.34. The number of hydrogen-bond acceptors (Lipinski definition) is 9. The molecule has 0 aliphatic heterocycles. The second-order valence-electron chi connectivity index (χ2n) is 14.4. The number of carbonyl (C=O) groups is 2. The molecule has 0 aromatic rings. The molecule has 3 atom stereocenters. The molecule has 0 saturated carbocycles. The molecule has 56 heavy (non-hydrogen) atoms. The summed E-state index contributed by atoms with van der Waals surface area (Å²) in [5, 5.41) is 10.1. The predicted molar refractivity (Wildman–Crippen MR) is 230 cm³/mol. The van der Waals surface area contributed by atoms with Gasteiger partial charge in [0.05, 0.1) is 19.3 Å². The van der Waals surface area contributed by atoms with Crippen LogP contribution in [0.2, 0.25) is 0 Å². The summed E-state index contributed by atoms with van der Waals surface area (Å²) < 4.78 is 32.7. The van der Waals surface area contributed by atoms with Crippen LogP contribution >= 0.6 is 7.82 Å². The largest absolute Gasteiger partial charge is 0.472 e. The standard InChI is InChI=1S/C45H80NO9P/c1-3-5-7-9-11-13-14-15-16-17-18-19-20-22-24-28-32-36-44(48)52-40-43(41-54-56(50,51)53-39-38-46)55-45(49)37-33-29-25-27-31-35-42(47)34-30-26-23-21-12-10-8-6-4-2/h12,15-16,21,25-27,30-31,35,42-43,47H,3-11,13-14,17-20,22-24,28-29,32-34,36-41,46H2,1-2H3,(H,50,51)/b16-15-,21-12-,27-25+,30-26-,35-31-/t42?,43-/m1/s1. The fourth-order valence-electron chi connectivity index (χ4n) is 5.64. The minimum atomic E-state index is -4.42. The maximum Gasteiger partial charge on any atom is 0.472 e. The van der Waals surface area contributed by atoms with E-state index in [1.807, 2.05) is 18.2 Å². The molecule has 0 radical (unpaired) electrons. The van der Waals surface area contributed by atoms with Crippen LogP contribution < -0.4 is 5.73 Å². The van der Waals surface area contributed by atoms with Crippen LogP contribution in [0.3, 0.4) is 0 Å². The Morgan fingerprint density at radius 3 is 1.82 bits per heavy atom. The zero-order valence-electron chi connectivity index (χ0n) is 35.2. The van der Waals surface area contributed by atoms with Crippen molar-refractivity contribution in [3.05, 3.63) is 60.8 Å². The molecule has 10 nitrogen and oxygen atoms in total. The van der Waals surface area contributed by atoms with Crippen molar-refractivity contribution in [3.63, 3.8) is 0 Å². The lowest BCUT2D eigenvalue weighted by molar-refractivity contribution is -0.161. The molecule has 0 aliphatic rings. The number of allylic oxidation sites excluding steroid dienone is 8. The van der Waals surface area contributed by atoms with E-state index >= 15 is 0 Å². The zero-order chi connectivity index (χ0) is 41.2. The molecule has 0 heterocycles. The number of ether oxygens (including phenoxy) is 2. The molecule has 4 N–H and O–H groups in total. The van der Waals surface area contributed by atoms with Gasteiger partial charge in [-0.2, -0.15) is 0 Å². The van der Waals surface area contributed by atoms with Crippen LogP contribution in [0.25, 0.3) is 0 Å². The number of unbranched alkanes of at least 4 members (excludes halogenated alkanes) is 17. The number of aliphatic hydroxyl groups is 1. The zero-order valence-corrected chi connectivity index (χ0v) is 36.1. The van der Waals surface area contributed by atoms with Crippen molar-refractivity contribution in [1.29, 1.82) is 0 Å². The Morgan fingerprint density at radius 2 is 1.16 bits per heavy atom. The number of esters is 2. The SMILES string of the molecule is CCCCC/C=C\C/C=C\CC(O)/C=C\C=C\CCCC(=O)O[C@H](COC(=O)CCCCCCCCC/C=C\CCCCCCCC)COP(=O)(O)OCCN. The number of aliphatic hydroxyl groups excluding tert-OH is 1. The third-order valence-electron chi connectivity index (χ3n) is 8.96. The van der Waals surface area contributed by atoms with Crippen molar-refractivity contribution in [2.24, 2.45) is 5.73 Å². The van der Waals surface area contributed by atoms with E-state index in [1.165, 1.54) is 83.5 Å². The van der Waals surface area contributed by atoms with Crippen molar-refractivity contribution in [3.8, 4) is 0 Å². The van der Waals surface area contributed by atoms with E-state index in [9.17, 15) is 24.2 Å². The van der Waals surface area contributed by atoms with E-state index in [2.05, 4.69) is 44.2 Å². The first-order valence-corrected chi connectivity index (χ1v) is 23.4. The Labute approximate surface area is 341 Å². The second-order valence-corrected chi connectivity index (χ2v) is 15.9. The van der Waals surface area contributed by atoms with Crippen LogP contribution in [0.4, 0.5) is 0 Å². The molecule has 0 aromatic carbocycles. The molecule has 0 aromatic heterocycles. The Morgan fingerprint density at radius 1 is 0.625 bits per heavy atom. The first kappa shape index (κ1) is 53.7. The summed E-state index contributed by atoms with van der Waals surface area (Å²) >= 11 is 0. The Bertz CT molecular complexity index is 1120. The minimum Gasteiger partial charge on any atom is -0.462 e. The maximum atomic E-state index is 12.6. The Hall–Kier alpha value is -2.33. The highest BCUT2D eigenvalue weighted by molar-refractivity contribution is 7.47. The third kappa shape index (κ3) is 39.9. The number of rotatable bonds is 40. The summed E-state index contributed by atoms with van der Waals surface area (Å²) in [6.45, 7) is 3.52. The number of hydrogen-bond donors (Lipinski definition) is 3. The van der Waals surface area contributed by atoms with Gasteiger partial charge in [0.25, 0.3) is 0 Å². The topological polar surface area (TPSA) is 155 Å². The van der Waals surface area contributed by atoms with Gasteiger partial charge in [0.15, 0.2) is 6.10 Å². The highest BCUT2D eigenvalue weighted by atomic mass is 31.2. The van der Waals surface area contributed by atoms with Crippen molar-refractivity contribution in [1.82, 2.24) is 0 Å².